The fourth-order valence-corrected chi connectivity index (χ4v) is 6.26. The Balaban J connectivity index is -0.000000551. The van der Waals surface area contributed by atoms with Gasteiger partial charge in [-0.1, -0.05) is 234 Å². The van der Waals surface area contributed by atoms with Gasteiger partial charge < -0.3 is 15.2 Å². The molecule has 0 aromatic heterocycles. The Morgan fingerprint density at radius 2 is 0.596 bits per heavy atom. The largest absolute Gasteiger partial charge is 0.483 e. The molecule has 0 bridgehead atoms. The lowest BCUT2D eigenvalue weighted by atomic mass is 9.89. The third-order valence-corrected chi connectivity index (χ3v) is 9.31. The van der Waals surface area contributed by atoms with Gasteiger partial charge in [-0.25, -0.2) is 0 Å². The molecule has 0 aliphatic heterocycles. The maximum Gasteiger partial charge on any atom is 0.290 e. The number of unbranched alkanes of at least 4 members (excludes halogenated alkanes) is 25. The van der Waals surface area contributed by atoms with Crippen LogP contribution in [0.15, 0.2) is 0 Å². The van der Waals surface area contributed by atoms with Crippen molar-refractivity contribution in [3.63, 3.8) is 0 Å². The highest BCUT2D eigenvalue weighted by molar-refractivity contribution is 5.32. The second-order valence-electron chi connectivity index (χ2n) is 13.9. The molecule has 4 heteroatoms. The fourth-order valence-electron chi connectivity index (χ4n) is 6.26. The van der Waals surface area contributed by atoms with Gasteiger partial charge in [-0.15, -0.1) is 0 Å². The van der Waals surface area contributed by atoms with Gasteiger partial charge in [0.25, 0.3) is 6.47 Å². The Hall–Kier alpha value is -0.900. The topological polar surface area (TPSA) is 66.4 Å². The quantitative estimate of drug-likeness (QED) is 0.0520. The fraction of sp³-hybridized carbons (Fsp3) is 0.953. The number of hydrogen-bond acceptors (Lipinski definition) is 3. The number of carboxylic acid groups (broad SMARTS) is 1. The third-order valence-electron chi connectivity index (χ3n) is 9.31. The molecule has 2 N–H and O–H groups in total. The summed E-state index contributed by atoms with van der Waals surface area (Å²) in [5.41, 5.74) is 0. The van der Waals surface area contributed by atoms with Gasteiger partial charge in [0.15, 0.2) is 0 Å². The first-order chi connectivity index (χ1) is 23.2. The molecule has 0 heterocycles. The van der Waals surface area contributed by atoms with Crippen molar-refractivity contribution in [1.82, 2.24) is 5.32 Å². The van der Waals surface area contributed by atoms with Crippen LogP contribution in [0.4, 0.5) is 0 Å². The van der Waals surface area contributed by atoms with Crippen molar-refractivity contribution in [3.05, 3.63) is 0 Å². The normalized spacial score (nSPS) is 10.4. The van der Waals surface area contributed by atoms with Crippen LogP contribution in [0.3, 0.4) is 0 Å². The monoisotopic (exact) mass is 670 g/mol. The summed E-state index contributed by atoms with van der Waals surface area (Å²) in [5.74, 6) is 1.03. The van der Waals surface area contributed by atoms with E-state index in [4.69, 9.17) is 14.7 Å². The molecule has 0 aliphatic carbocycles. The van der Waals surface area contributed by atoms with Gasteiger partial charge >= 0.3 is 0 Å². The van der Waals surface area contributed by atoms with Crippen LogP contribution in [0.5, 0.6) is 0 Å². The van der Waals surface area contributed by atoms with Crippen LogP contribution in [0.25, 0.3) is 0 Å². The van der Waals surface area contributed by atoms with Gasteiger partial charge in [-0.05, 0) is 31.8 Å². The van der Waals surface area contributed by atoms with Gasteiger partial charge in [-0.2, -0.15) is 0 Å². The van der Waals surface area contributed by atoms with Gasteiger partial charge in [0.05, 0.1) is 0 Å². The van der Waals surface area contributed by atoms with Gasteiger partial charge in [0.1, 0.15) is 6.79 Å². The molecule has 0 saturated heterocycles. The Morgan fingerprint density at radius 1 is 0.404 bits per heavy atom. The minimum absolute atomic E-state index is 0.250. The molecule has 0 aromatic rings. The molecule has 47 heavy (non-hydrogen) atoms. The van der Waals surface area contributed by atoms with Crippen molar-refractivity contribution in [2.24, 2.45) is 5.92 Å². The summed E-state index contributed by atoms with van der Waals surface area (Å²) in [6.45, 7) is 15.7. The second-order valence-corrected chi connectivity index (χ2v) is 13.9. The molecule has 0 fully saturated rings. The predicted octanol–water partition coefficient (Wildman–Crippen LogP) is 14.7. The van der Waals surface area contributed by atoms with E-state index in [1.54, 1.807) is 0 Å². The van der Waals surface area contributed by atoms with Gasteiger partial charge in [0, 0.05) is 0 Å². The summed E-state index contributed by atoms with van der Waals surface area (Å²) in [6.07, 6.45) is 47.7. The molecule has 0 rings (SSSR count). The SMILES string of the molecule is C=O.CCCCCCCCC.CCCCCCCCNCCCCCCCC(CCCCCCCC)CCCCCCCC.O=CO. The average Bonchev–Trinajstić information content (AvgIpc) is 3.09. The van der Waals surface area contributed by atoms with E-state index in [0.717, 1.165) is 5.92 Å². The zero-order valence-electron chi connectivity index (χ0n) is 33.4. The third kappa shape index (κ3) is 60.9. The molecular weight excluding hydrogens is 578 g/mol. The van der Waals surface area contributed by atoms with Crippen LogP contribution in [0.2, 0.25) is 0 Å². The number of carbonyl (C=O) groups excluding carboxylic acids is 1. The van der Waals surface area contributed by atoms with Crippen LogP contribution < -0.4 is 5.32 Å². The number of nitrogens with one attached hydrogen (secondary N) is 1. The van der Waals surface area contributed by atoms with E-state index in [1.165, 1.54) is 225 Å². The van der Waals surface area contributed by atoms with E-state index < -0.39 is 0 Å². The Morgan fingerprint density at radius 3 is 0.830 bits per heavy atom. The van der Waals surface area contributed by atoms with Crippen molar-refractivity contribution in [1.29, 1.82) is 0 Å². The van der Waals surface area contributed by atoms with E-state index in [-0.39, 0.29) is 6.47 Å². The second kappa shape index (κ2) is 57.4. The summed E-state index contributed by atoms with van der Waals surface area (Å²) in [5, 5.41) is 10.6. The zero-order valence-corrected chi connectivity index (χ0v) is 33.4. The summed E-state index contributed by atoms with van der Waals surface area (Å²) in [6, 6.07) is 0. The van der Waals surface area contributed by atoms with Gasteiger partial charge in [0.2, 0.25) is 0 Å². The highest BCUT2D eigenvalue weighted by Crippen LogP contribution is 2.24. The van der Waals surface area contributed by atoms with E-state index in [9.17, 15) is 0 Å². The molecule has 0 saturated carbocycles. The summed E-state index contributed by atoms with van der Waals surface area (Å²) in [7, 11) is 0. The van der Waals surface area contributed by atoms with Crippen molar-refractivity contribution in [3.8, 4) is 0 Å². The van der Waals surface area contributed by atoms with E-state index in [0.29, 0.717) is 0 Å². The number of rotatable bonds is 35. The van der Waals surface area contributed by atoms with Crippen LogP contribution >= 0.6 is 0 Å². The van der Waals surface area contributed by atoms with Crippen LogP contribution in [0.1, 0.15) is 247 Å². The standard InChI is InChI=1S/C32H67N.C9H20.CH2O2.CH2O/c1-4-7-10-13-17-22-27-32(28-23-18-14-11-8-5-2)29-24-19-16-21-26-31-33-30-25-20-15-12-9-6-3;1-3-5-7-9-8-6-4-2;2-1-3;1-2/h32-33H,4-31H2,1-3H3;3-9H2,1-2H3;1H,(H,2,3);1H2. The Bertz CT molecular complexity index is 466. The maximum atomic E-state index is 8.36. The molecule has 286 valence electrons. The predicted molar refractivity (Wildman–Crippen MR) is 213 cm³/mol. The van der Waals surface area contributed by atoms with Crippen LogP contribution in [-0.2, 0) is 9.59 Å². The van der Waals surface area contributed by atoms with Gasteiger partial charge in [-0.3, -0.25) is 4.79 Å². The lowest BCUT2D eigenvalue weighted by Crippen LogP contribution is -2.16. The molecule has 4 nitrogen and oxygen atoms in total. The highest BCUT2D eigenvalue weighted by atomic mass is 16.3. The van der Waals surface area contributed by atoms with Crippen molar-refractivity contribution in [2.45, 2.75) is 247 Å². The molecule has 0 atom stereocenters. The van der Waals surface area contributed by atoms with E-state index in [1.807, 2.05) is 6.79 Å². The summed E-state index contributed by atoms with van der Waals surface area (Å²) < 4.78 is 0. The highest BCUT2D eigenvalue weighted by Gasteiger charge is 2.09. The first-order valence-electron chi connectivity index (χ1n) is 21.2. The minimum Gasteiger partial charge on any atom is -0.483 e. The lowest BCUT2D eigenvalue weighted by Gasteiger charge is -2.17. The minimum atomic E-state index is -0.250. The summed E-state index contributed by atoms with van der Waals surface area (Å²) >= 11 is 0. The Kier molecular flexibility index (Phi) is 64.6. The van der Waals surface area contributed by atoms with Crippen LogP contribution in [-0.4, -0.2) is 31.5 Å². The molecule has 0 spiro atoms. The van der Waals surface area contributed by atoms with Crippen molar-refractivity contribution in [2.75, 3.05) is 13.1 Å². The van der Waals surface area contributed by atoms with E-state index in [2.05, 4.69) is 39.9 Å². The van der Waals surface area contributed by atoms with Crippen LogP contribution in [0, 0.1) is 5.92 Å². The molecule has 0 aliphatic rings. The Labute approximate surface area is 298 Å². The first-order valence-corrected chi connectivity index (χ1v) is 21.2. The first kappa shape index (κ1) is 52.9. The van der Waals surface area contributed by atoms with Crippen molar-refractivity contribution >= 4 is 13.3 Å². The number of hydrogen-bond donors (Lipinski definition) is 2. The molecular formula is C43H91NO3. The van der Waals surface area contributed by atoms with E-state index >= 15 is 0 Å². The molecule has 0 radical (unpaired) electrons. The smallest absolute Gasteiger partial charge is 0.290 e. The lowest BCUT2D eigenvalue weighted by molar-refractivity contribution is -0.122. The molecule has 0 amide bonds. The molecule has 0 aromatic carbocycles. The molecule has 0 unspecified atom stereocenters. The average molecular weight is 670 g/mol. The zero-order chi connectivity index (χ0) is 35.7. The summed E-state index contributed by atoms with van der Waals surface area (Å²) in [4.78, 5) is 16.4. The van der Waals surface area contributed by atoms with Crippen molar-refractivity contribution < 1.29 is 14.7 Å². The number of carbonyl (C=O) groups is 2. The maximum absolute atomic E-state index is 8.36.